The van der Waals surface area contributed by atoms with Crippen LogP contribution in [0.25, 0.3) is 114 Å². The molecule has 0 spiro atoms. The van der Waals surface area contributed by atoms with Gasteiger partial charge in [-0.3, -0.25) is 0 Å². The van der Waals surface area contributed by atoms with Gasteiger partial charge in [0.2, 0.25) is 58.2 Å². The number of benzene rings is 10. The van der Waals surface area contributed by atoms with Gasteiger partial charge in [-0.25, -0.2) is 0 Å². The zero-order valence-electron chi connectivity index (χ0n) is 50.2. The normalized spacial score (nSPS) is 10.4. The molecule has 0 amide bonds. The molecule has 0 unspecified atom stereocenters. The Kier molecular flexibility index (Phi) is 24.0. The minimum atomic E-state index is 0.265. The Bertz CT molecular complexity index is 4890. The average Bonchev–Trinajstić information content (AvgIpc) is 0.997. The fourth-order valence-electron chi connectivity index (χ4n) is 8.58. The molecule has 478 valence electrons. The second-order valence-electron chi connectivity index (χ2n) is 19.8. The highest BCUT2D eigenvalue weighted by atomic mass is 35.5. The zero-order chi connectivity index (χ0) is 68.0. The van der Waals surface area contributed by atoms with E-state index in [9.17, 15) is 0 Å². The van der Waals surface area contributed by atoms with Crippen molar-refractivity contribution in [2.75, 3.05) is 0 Å². The van der Waals surface area contributed by atoms with Gasteiger partial charge in [0.05, 0.1) is 51.3 Å². The molecule has 20 nitrogen and oxygen atoms in total. The van der Waals surface area contributed by atoms with Crippen LogP contribution in [0.5, 0.6) is 0 Å². The molecule has 98 heavy (non-hydrogen) atoms. The lowest BCUT2D eigenvalue weighted by molar-refractivity contribution is 0.876. The fourth-order valence-corrected chi connectivity index (χ4v) is 10.6. The van der Waals surface area contributed by atoms with Gasteiger partial charge in [-0.1, -0.05) is 275 Å². The van der Waals surface area contributed by atoms with E-state index in [2.05, 4.69) is 102 Å². The van der Waals surface area contributed by atoms with Gasteiger partial charge in [0, 0.05) is 44.5 Å². The van der Waals surface area contributed by atoms with Crippen molar-refractivity contribution in [1.82, 2.24) is 102 Å². The molecular weight excluding hydrogens is 1400 g/mol. The first-order valence-electron chi connectivity index (χ1n) is 28.9. The van der Waals surface area contributed by atoms with Crippen LogP contribution >= 0.6 is 92.8 Å². The molecule has 0 aliphatic carbocycles. The molecule has 5 aromatic heterocycles. The summed E-state index contributed by atoms with van der Waals surface area (Å²) < 4.78 is 0. The minimum absolute atomic E-state index is 0.265. The number of nitrogens with zero attached hydrogens (tertiary/aromatic N) is 20. The van der Waals surface area contributed by atoms with Crippen LogP contribution in [0.2, 0.25) is 40.2 Å². The third-order valence-corrected chi connectivity index (χ3v) is 15.9. The first-order valence-corrected chi connectivity index (χ1v) is 31.9. The number of hydrogen-bond acceptors (Lipinski definition) is 20. The lowest BCUT2D eigenvalue weighted by atomic mass is 10.2. The minimum Gasteiger partial charge on any atom is -0.126 e. The van der Waals surface area contributed by atoms with E-state index in [1.165, 1.54) is 0 Å². The standard InChI is InChI=1S/C14H7Cl3N4.2C14H8Cl2N4.C14H9ClN4.C14H10N4/c15-9-5-2-1-4-8(9)13-18-20-14(21-19-13)12-10(16)6-3-7-11(12)17;15-11-7-3-1-5-9(11)13-17-19-14(20-18-13)10-6-2-4-8-12(10)16;15-10-7-4-8-11(16)12(10)14-19-17-13(18-20-14)9-5-2-1-3-6-9;15-12-9-5-4-8-11(12)14-18-16-13(17-19-14)10-6-2-1-3-7-10;1-3-7-11(8-4-1)13-15-17-14(18-16-13)12-9-5-2-6-10-12/h1-7H;2*1-8H;1-9H;1-10H. The van der Waals surface area contributed by atoms with Gasteiger partial charge >= 0.3 is 0 Å². The second kappa shape index (κ2) is 34.2. The first kappa shape index (κ1) is 68.6. The lowest BCUT2D eigenvalue weighted by Crippen LogP contribution is -2.00. The molecule has 0 aliphatic rings. The fraction of sp³-hybridized carbons (Fsp3) is 0. The molecule has 28 heteroatoms. The third kappa shape index (κ3) is 18.0. The van der Waals surface area contributed by atoms with Crippen molar-refractivity contribution in [3.8, 4) is 114 Å². The average molecular weight is 1450 g/mol. The van der Waals surface area contributed by atoms with E-state index >= 15 is 0 Å². The number of hydrogen-bond donors (Lipinski definition) is 0. The van der Waals surface area contributed by atoms with Crippen LogP contribution in [0.4, 0.5) is 0 Å². The van der Waals surface area contributed by atoms with Crippen molar-refractivity contribution >= 4 is 92.8 Å². The first-order chi connectivity index (χ1) is 47.9. The van der Waals surface area contributed by atoms with Gasteiger partial charge in [0.25, 0.3) is 0 Å². The summed E-state index contributed by atoms with van der Waals surface area (Å²) in [6.45, 7) is 0. The summed E-state index contributed by atoms with van der Waals surface area (Å²) in [4.78, 5) is 0. The molecule has 10 aromatic carbocycles. The van der Waals surface area contributed by atoms with E-state index in [1.807, 2.05) is 188 Å². The summed E-state index contributed by atoms with van der Waals surface area (Å²) in [7, 11) is 0. The molecule has 0 fully saturated rings. The van der Waals surface area contributed by atoms with Crippen LogP contribution in [-0.2, 0) is 0 Å². The highest BCUT2D eigenvalue weighted by Crippen LogP contribution is 2.35. The molecule has 15 rings (SSSR count). The molecule has 0 N–H and O–H groups in total. The van der Waals surface area contributed by atoms with E-state index in [0.717, 1.165) is 27.8 Å². The second-order valence-corrected chi connectivity index (χ2v) is 23.1. The zero-order valence-corrected chi connectivity index (χ0v) is 56.3. The van der Waals surface area contributed by atoms with Crippen molar-refractivity contribution in [1.29, 1.82) is 0 Å². The molecule has 5 heterocycles. The predicted molar refractivity (Wildman–Crippen MR) is 383 cm³/mol. The summed E-state index contributed by atoms with van der Waals surface area (Å²) >= 11 is 48.7. The Balaban J connectivity index is 0.000000124. The van der Waals surface area contributed by atoms with Crippen LogP contribution in [0, 0.1) is 0 Å². The maximum atomic E-state index is 6.10. The SMILES string of the molecule is Clc1cccc(Cl)c1-c1nnc(-c2ccccc2)nn1.Clc1ccccc1-c1nnc(-c2c(Cl)cccc2Cl)nn1.Clc1ccccc1-c1nnc(-c2ccccc2)nn1.Clc1ccccc1-c1nnc(-c2ccccc2Cl)nn1.c1ccc(-c2nnc(-c3ccccc3)nn2)cc1. The van der Waals surface area contributed by atoms with Crippen molar-refractivity contribution in [3.63, 3.8) is 0 Å². The Morgan fingerprint density at radius 3 is 0.480 bits per heavy atom. The van der Waals surface area contributed by atoms with E-state index < -0.39 is 0 Å². The van der Waals surface area contributed by atoms with Gasteiger partial charge < -0.3 is 0 Å². The van der Waals surface area contributed by atoms with E-state index in [4.69, 9.17) is 92.8 Å². The molecule has 0 atom stereocenters. The van der Waals surface area contributed by atoms with Gasteiger partial charge in [-0.05, 0) is 72.8 Å². The topological polar surface area (TPSA) is 258 Å². The van der Waals surface area contributed by atoms with E-state index in [1.54, 1.807) is 66.7 Å². The predicted octanol–water partition coefficient (Wildman–Crippen LogP) is 18.2. The largest absolute Gasteiger partial charge is 0.206 e. The van der Waals surface area contributed by atoms with Crippen molar-refractivity contribution in [2.45, 2.75) is 0 Å². The monoisotopic (exact) mass is 1440 g/mol. The van der Waals surface area contributed by atoms with Crippen molar-refractivity contribution in [3.05, 3.63) is 295 Å². The summed E-state index contributed by atoms with van der Waals surface area (Å²) in [5.41, 5.74) is 7.38. The Morgan fingerprint density at radius 2 is 0.286 bits per heavy atom. The summed E-state index contributed by atoms with van der Waals surface area (Å²) in [6, 6.07) is 77.9. The Labute approximate surface area is 599 Å². The number of halogens is 8. The molecular formula is C70H42Cl8N20. The van der Waals surface area contributed by atoms with Crippen LogP contribution in [0.3, 0.4) is 0 Å². The smallest absolute Gasteiger partial charge is 0.126 e. The van der Waals surface area contributed by atoms with Crippen molar-refractivity contribution < 1.29 is 0 Å². The molecule has 0 bridgehead atoms. The molecule has 0 aliphatic heterocycles. The number of rotatable bonds is 10. The Hall–Kier alpha value is -10.8. The van der Waals surface area contributed by atoms with Gasteiger partial charge in [0.15, 0.2) is 0 Å². The number of aromatic nitrogens is 20. The lowest BCUT2D eigenvalue weighted by Gasteiger charge is -2.05. The van der Waals surface area contributed by atoms with Crippen LogP contribution in [0.1, 0.15) is 0 Å². The summed E-state index contributed by atoms with van der Waals surface area (Å²) in [5.74, 6) is 4.12. The van der Waals surface area contributed by atoms with Crippen molar-refractivity contribution in [2.24, 2.45) is 0 Å². The Morgan fingerprint density at radius 1 is 0.133 bits per heavy atom. The van der Waals surface area contributed by atoms with Crippen LogP contribution in [0.15, 0.2) is 255 Å². The van der Waals surface area contributed by atoms with Gasteiger partial charge in [-0.2, -0.15) is 0 Å². The van der Waals surface area contributed by atoms with Crippen LogP contribution < -0.4 is 0 Å². The summed E-state index contributed by atoms with van der Waals surface area (Å²) in [6.07, 6.45) is 0. The molecule has 0 saturated carbocycles. The van der Waals surface area contributed by atoms with E-state index in [0.29, 0.717) is 120 Å². The van der Waals surface area contributed by atoms with E-state index in [-0.39, 0.29) is 5.82 Å². The quantitative estimate of drug-likeness (QED) is 0.123. The highest BCUT2D eigenvalue weighted by Gasteiger charge is 2.17. The highest BCUT2D eigenvalue weighted by molar-refractivity contribution is 6.40. The molecule has 0 radical (unpaired) electrons. The summed E-state index contributed by atoms with van der Waals surface area (Å²) in [5, 5.41) is 85.4. The maximum Gasteiger partial charge on any atom is 0.206 e. The maximum absolute atomic E-state index is 6.10. The molecule has 0 saturated heterocycles. The van der Waals surface area contributed by atoms with Crippen LogP contribution in [-0.4, -0.2) is 102 Å². The van der Waals surface area contributed by atoms with Gasteiger partial charge in [0.1, 0.15) is 0 Å². The third-order valence-electron chi connectivity index (χ3n) is 13.4. The molecule has 15 aromatic rings. The van der Waals surface area contributed by atoms with Gasteiger partial charge in [-0.15, -0.1) is 102 Å².